The van der Waals surface area contributed by atoms with E-state index in [1.165, 1.54) is 23.0 Å². The van der Waals surface area contributed by atoms with Crippen molar-refractivity contribution in [3.05, 3.63) is 36.2 Å². The molecule has 2 aromatic rings. The Labute approximate surface area is 193 Å². The van der Waals surface area contributed by atoms with Gasteiger partial charge in [-0.15, -0.1) is 11.8 Å². The van der Waals surface area contributed by atoms with Gasteiger partial charge in [0.2, 0.25) is 5.91 Å². The molecule has 0 radical (unpaired) electrons. The molecule has 2 atom stereocenters. The van der Waals surface area contributed by atoms with Crippen LogP contribution >= 0.6 is 11.8 Å². The number of alkyl halides is 6. The van der Waals surface area contributed by atoms with Crippen LogP contribution in [0.5, 0.6) is 0 Å². The van der Waals surface area contributed by atoms with E-state index in [0.29, 0.717) is 22.2 Å². The Hall–Kier alpha value is -2.70. The Kier molecular flexibility index (Phi) is 5.90. The van der Waals surface area contributed by atoms with Gasteiger partial charge in [0.15, 0.2) is 0 Å². The van der Waals surface area contributed by atoms with Gasteiger partial charge < -0.3 is 10.0 Å². The lowest BCUT2D eigenvalue weighted by Gasteiger charge is -2.28. The first-order valence-corrected chi connectivity index (χ1v) is 11.1. The topological polar surface area (TPSA) is 75.4 Å². The highest BCUT2D eigenvalue weighted by atomic mass is 32.2. The number of amides is 1. The Bertz CT molecular complexity index is 1130. The number of likely N-dealkylation sites (tertiary alicyclic amines) is 1. The number of benzene rings is 1. The molecule has 34 heavy (non-hydrogen) atoms. The minimum absolute atomic E-state index is 0.194. The number of aromatic nitrogens is 2. The van der Waals surface area contributed by atoms with Gasteiger partial charge in [-0.2, -0.15) is 31.4 Å². The predicted molar refractivity (Wildman–Crippen MR) is 109 cm³/mol. The Balaban J connectivity index is 1.60. The summed E-state index contributed by atoms with van der Waals surface area (Å²) in [4.78, 5) is 24.8. The van der Waals surface area contributed by atoms with Crippen LogP contribution in [0.2, 0.25) is 0 Å². The van der Waals surface area contributed by atoms with E-state index in [-0.39, 0.29) is 23.4 Å². The highest BCUT2D eigenvalue weighted by molar-refractivity contribution is 8.00. The van der Waals surface area contributed by atoms with Crippen molar-refractivity contribution in [1.29, 1.82) is 0 Å². The fraction of sp³-hybridized carbons (Fsp3) is 0.476. The third-order valence-corrected chi connectivity index (χ3v) is 7.41. The van der Waals surface area contributed by atoms with E-state index in [1.54, 1.807) is 13.2 Å². The maximum absolute atomic E-state index is 13.8. The van der Waals surface area contributed by atoms with Crippen LogP contribution < -0.4 is 0 Å². The van der Waals surface area contributed by atoms with Crippen LogP contribution in [0, 0.1) is 5.41 Å². The standard InChI is InChI=1S/C21H19F6N3O3S/c1-29-9-12(8-28-29)11-2-3-16(14(6-11)20(22,23)24)34-13-7-15(17(31)32)30(10-13)18(33)19(4-5-19)21(25,26)27/h2-3,6,8-9,13,15H,4-5,7,10H2,1H3,(H,31,32)/t13-,15+/m1/s1. The minimum atomic E-state index is -4.82. The van der Waals surface area contributed by atoms with E-state index in [2.05, 4.69) is 5.10 Å². The summed E-state index contributed by atoms with van der Waals surface area (Å²) in [6.45, 7) is -0.389. The highest BCUT2D eigenvalue weighted by Gasteiger charge is 2.70. The van der Waals surface area contributed by atoms with Crippen LogP contribution in [-0.2, 0) is 22.8 Å². The summed E-state index contributed by atoms with van der Waals surface area (Å²) in [6.07, 6.45) is -7.70. The SMILES string of the molecule is Cn1cc(-c2ccc(S[C@@H]3C[C@@H](C(=O)O)N(C(=O)C4(C(F)(F)F)CC4)C3)c(C(F)(F)F)c2)cn1. The van der Waals surface area contributed by atoms with Gasteiger partial charge in [0.1, 0.15) is 11.5 Å². The molecular formula is C21H19F6N3O3S. The summed E-state index contributed by atoms with van der Waals surface area (Å²) in [7, 11) is 1.62. The predicted octanol–water partition coefficient (Wildman–Crippen LogP) is 4.59. The van der Waals surface area contributed by atoms with Crippen molar-refractivity contribution in [3.8, 4) is 11.1 Å². The summed E-state index contributed by atoms with van der Waals surface area (Å²) < 4.78 is 83.1. The van der Waals surface area contributed by atoms with E-state index in [9.17, 15) is 41.0 Å². The number of carboxylic acid groups (broad SMARTS) is 1. The van der Waals surface area contributed by atoms with Crippen LogP contribution in [0.1, 0.15) is 24.8 Å². The summed E-state index contributed by atoms with van der Waals surface area (Å²) in [5.41, 5.74) is -2.81. The summed E-state index contributed by atoms with van der Waals surface area (Å²) in [5.74, 6) is -2.81. The van der Waals surface area contributed by atoms with Gasteiger partial charge in [-0.1, -0.05) is 6.07 Å². The molecule has 1 N–H and O–H groups in total. The number of aliphatic carboxylic acids is 1. The van der Waals surface area contributed by atoms with Gasteiger partial charge in [0.25, 0.3) is 0 Å². The third kappa shape index (κ3) is 4.37. The molecule has 1 aromatic heterocycles. The van der Waals surface area contributed by atoms with Gasteiger partial charge in [0.05, 0.1) is 11.8 Å². The number of halogens is 6. The number of nitrogens with zero attached hydrogens (tertiary/aromatic N) is 3. The molecule has 13 heteroatoms. The van der Waals surface area contributed by atoms with Gasteiger partial charge in [-0.25, -0.2) is 4.79 Å². The smallest absolute Gasteiger partial charge is 0.417 e. The van der Waals surface area contributed by atoms with Crippen LogP contribution in [0.4, 0.5) is 26.3 Å². The van der Waals surface area contributed by atoms with Crippen molar-refractivity contribution >= 4 is 23.6 Å². The summed E-state index contributed by atoms with van der Waals surface area (Å²) in [5, 5.41) is 12.6. The second-order valence-electron chi connectivity index (χ2n) is 8.48. The van der Waals surface area contributed by atoms with Crippen molar-refractivity contribution in [1.82, 2.24) is 14.7 Å². The first kappa shape index (κ1) is 24.4. The Morgan fingerprint density at radius 3 is 2.32 bits per heavy atom. The molecule has 1 aromatic carbocycles. The zero-order valence-electron chi connectivity index (χ0n) is 17.7. The fourth-order valence-corrected chi connectivity index (χ4v) is 5.46. The van der Waals surface area contributed by atoms with Gasteiger partial charge in [-0.3, -0.25) is 9.48 Å². The first-order chi connectivity index (χ1) is 15.7. The molecule has 0 bridgehead atoms. The van der Waals surface area contributed by atoms with Crippen molar-refractivity contribution in [3.63, 3.8) is 0 Å². The molecule has 6 nitrogen and oxygen atoms in total. The highest BCUT2D eigenvalue weighted by Crippen LogP contribution is 2.59. The zero-order chi connectivity index (χ0) is 25.1. The molecule has 2 aliphatic rings. The number of rotatable bonds is 5. The molecule has 1 aliphatic carbocycles. The maximum Gasteiger partial charge on any atom is 0.417 e. The molecule has 184 valence electrons. The summed E-state index contributed by atoms with van der Waals surface area (Å²) >= 11 is 0.715. The lowest BCUT2D eigenvalue weighted by Crippen LogP contribution is -2.48. The molecule has 0 spiro atoms. The molecule has 1 amide bonds. The largest absolute Gasteiger partial charge is 0.480 e. The van der Waals surface area contributed by atoms with Gasteiger partial charge in [-0.05, 0) is 37.0 Å². The van der Waals surface area contributed by atoms with Crippen LogP contribution in [0.15, 0.2) is 35.5 Å². The number of hydrogen-bond donors (Lipinski definition) is 1. The van der Waals surface area contributed by atoms with E-state index >= 15 is 0 Å². The normalized spacial score (nSPS) is 22.1. The number of carbonyl (C=O) groups excluding carboxylic acids is 1. The number of carboxylic acids is 1. The van der Waals surface area contributed by atoms with Crippen molar-refractivity contribution in [2.45, 2.75) is 47.8 Å². The van der Waals surface area contributed by atoms with Crippen molar-refractivity contribution < 1.29 is 41.0 Å². The average Bonchev–Trinajstić information content (AvgIpc) is 3.29. The monoisotopic (exact) mass is 507 g/mol. The van der Waals surface area contributed by atoms with Crippen molar-refractivity contribution in [2.75, 3.05) is 6.54 Å². The molecule has 2 heterocycles. The molecule has 1 saturated heterocycles. The minimum Gasteiger partial charge on any atom is -0.480 e. The van der Waals surface area contributed by atoms with Crippen molar-refractivity contribution in [2.24, 2.45) is 12.5 Å². The van der Waals surface area contributed by atoms with E-state index < -0.39 is 59.3 Å². The van der Waals surface area contributed by atoms with Crippen LogP contribution in [0.3, 0.4) is 0 Å². The molecule has 2 fully saturated rings. The lowest BCUT2D eigenvalue weighted by atomic mass is 10.0. The number of thioether (sulfide) groups is 1. The Morgan fingerprint density at radius 1 is 1.15 bits per heavy atom. The lowest BCUT2D eigenvalue weighted by molar-refractivity contribution is -0.199. The first-order valence-electron chi connectivity index (χ1n) is 10.2. The van der Waals surface area contributed by atoms with Crippen LogP contribution in [-0.4, -0.2) is 55.7 Å². The van der Waals surface area contributed by atoms with E-state index in [1.807, 2.05) is 0 Å². The molecule has 1 saturated carbocycles. The van der Waals surface area contributed by atoms with Gasteiger partial charge >= 0.3 is 18.3 Å². The second kappa shape index (κ2) is 8.21. The van der Waals surface area contributed by atoms with E-state index in [0.717, 1.165) is 6.07 Å². The summed E-state index contributed by atoms with van der Waals surface area (Å²) in [6, 6.07) is 2.13. The number of carbonyl (C=O) groups is 2. The Morgan fingerprint density at radius 2 is 1.82 bits per heavy atom. The number of aryl methyl sites for hydroxylation is 1. The molecular weight excluding hydrogens is 488 g/mol. The second-order valence-corrected chi connectivity index (χ2v) is 9.82. The van der Waals surface area contributed by atoms with Crippen LogP contribution in [0.25, 0.3) is 11.1 Å². The molecule has 1 aliphatic heterocycles. The zero-order valence-corrected chi connectivity index (χ0v) is 18.5. The average molecular weight is 507 g/mol. The maximum atomic E-state index is 13.8. The molecule has 4 rings (SSSR count). The third-order valence-electron chi connectivity index (χ3n) is 6.13. The fourth-order valence-electron chi connectivity index (χ4n) is 4.14. The van der Waals surface area contributed by atoms with E-state index in [4.69, 9.17) is 0 Å². The molecule has 0 unspecified atom stereocenters. The van der Waals surface area contributed by atoms with Gasteiger partial charge in [0, 0.05) is 35.5 Å². The number of hydrogen-bond acceptors (Lipinski definition) is 4. The quantitative estimate of drug-likeness (QED) is 0.599.